The highest BCUT2D eigenvalue weighted by Gasteiger charge is 2.12. The maximum atomic E-state index is 13.7. The summed E-state index contributed by atoms with van der Waals surface area (Å²) in [5, 5.41) is 6.30. The van der Waals surface area contributed by atoms with Gasteiger partial charge in [0, 0.05) is 38.5 Å². The Morgan fingerprint density at radius 1 is 1.26 bits per heavy atom. The van der Waals surface area contributed by atoms with Crippen LogP contribution in [0.1, 0.15) is 24.2 Å². The third-order valence-corrected chi connectivity index (χ3v) is 3.54. The van der Waals surface area contributed by atoms with Gasteiger partial charge in [-0.05, 0) is 23.8 Å². The third-order valence-electron chi connectivity index (χ3n) is 3.54. The summed E-state index contributed by atoms with van der Waals surface area (Å²) in [5.74, 6) is 0.321. The summed E-state index contributed by atoms with van der Waals surface area (Å²) in [6.07, 6.45) is 2.39. The van der Waals surface area contributed by atoms with Crippen LogP contribution in [0, 0.1) is 11.6 Å². The van der Waals surface area contributed by atoms with Gasteiger partial charge in [-0.15, -0.1) is 0 Å². The van der Waals surface area contributed by atoms with Gasteiger partial charge < -0.3 is 15.1 Å². The second kappa shape index (κ2) is 8.31. The maximum absolute atomic E-state index is 13.7. The van der Waals surface area contributed by atoms with Gasteiger partial charge in [-0.3, -0.25) is 4.99 Å². The zero-order valence-corrected chi connectivity index (χ0v) is 13.3. The summed E-state index contributed by atoms with van der Waals surface area (Å²) in [6, 6.07) is 7.41. The molecule has 0 aliphatic heterocycles. The normalized spacial score (nSPS) is 13.0. The number of aliphatic imine (C=N–C) groups is 1. The first kappa shape index (κ1) is 17.0. The second-order valence-electron chi connectivity index (χ2n) is 5.28. The van der Waals surface area contributed by atoms with Gasteiger partial charge in [0.05, 0.1) is 6.26 Å². The van der Waals surface area contributed by atoms with E-state index in [1.54, 1.807) is 13.3 Å². The quantitative estimate of drug-likeness (QED) is 0.635. The van der Waals surface area contributed by atoms with Crippen LogP contribution in [0.15, 0.2) is 46.0 Å². The van der Waals surface area contributed by atoms with Crippen LogP contribution in [0.4, 0.5) is 8.78 Å². The molecule has 1 aromatic carbocycles. The molecule has 1 unspecified atom stereocenters. The molecule has 0 amide bonds. The molecule has 6 heteroatoms. The van der Waals surface area contributed by atoms with Gasteiger partial charge in [0.25, 0.3) is 0 Å². The van der Waals surface area contributed by atoms with E-state index in [0.717, 1.165) is 18.2 Å². The molecule has 23 heavy (non-hydrogen) atoms. The predicted octanol–water partition coefficient (Wildman–Crippen LogP) is 3.07. The average Bonchev–Trinajstić information content (AvgIpc) is 3.03. The standard InChI is InChI=1S/C17H21F2N3O/c1-12(15-6-5-13(18)10-16(15)19)11-22-17(20-2)21-8-7-14-4-3-9-23-14/h3-6,9-10,12H,7-8,11H2,1-2H3,(H2,20,21,22). The Labute approximate surface area is 134 Å². The number of guanidine groups is 1. The van der Waals surface area contributed by atoms with E-state index in [1.807, 2.05) is 19.1 Å². The van der Waals surface area contributed by atoms with E-state index in [0.29, 0.717) is 24.6 Å². The highest BCUT2D eigenvalue weighted by atomic mass is 19.1. The molecule has 2 N–H and O–H groups in total. The molecule has 4 nitrogen and oxygen atoms in total. The highest BCUT2D eigenvalue weighted by molar-refractivity contribution is 5.79. The van der Waals surface area contributed by atoms with Crippen molar-refractivity contribution in [2.24, 2.45) is 4.99 Å². The van der Waals surface area contributed by atoms with Gasteiger partial charge in [-0.25, -0.2) is 8.78 Å². The molecule has 2 rings (SSSR count). The third kappa shape index (κ3) is 5.09. The molecule has 0 aliphatic carbocycles. The van der Waals surface area contributed by atoms with Crippen LogP contribution in [0.5, 0.6) is 0 Å². The van der Waals surface area contributed by atoms with Gasteiger partial charge in [-0.2, -0.15) is 0 Å². The number of halogens is 2. The monoisotopic (exact) mass is 321 g/mol. The van der Waals surface area contributed by atoms with Crippen molar-refractivity contribution in [1.82, 2.24) is 10.6 Å². The molecule has 0 saturated carbocycles. The average molecular weight is 321 g/mol. The van der Waals surface area contributed by atoms with Gasteiger partial charge >= 0.3 is 0 Å². The summed E-state index contributed by atoms with van der Waals surface area (Å²) in [6.45, 7) is 3.04. The Bertz CT molecular complexity index is 641. The van der Waals surface area contributed by atoms with Crippen molar-refractivity contribution in [2.45, 2.75) is 19.3 Å². The molecule has 124 valence electrons. The molecule has 1 heterocycles. The van der Waals surface area contributed by atoms with Crippen molar-refractivity contribution < 1.29 is 13.2 Å². The molecule has 1 atom stereocenters. The summed E-state index contributed by atoms with van der Waals surface area (Å²) < 4.78 is 31.9. The van der Waals surface area contributed by atoms with E-state index in [1.165, 1.54) is 12.1 Å². The predicted molar refractivity (Wildman–Crippen MR) is 86.5 cm³/mol. The molecule has 0 bridgehead atoms. The second-order valence-corrected chi connectivity index (χ2v) is 5.28. The van der Waals surface area contributed by atoms with E-state index in [9.17, 15) is 8.78 Å². The first-order chi connectivity index (χ1) is 11.1. The van der Waals surface area contributed by atoms with Gasteiger partial charge in [0.2, 0.25) is 0 Å². The van der Waals surface area contributed by atoms with Crippen LogP contribution < -0.4 is 10.6 Å². The molecule has 0 saturated heterocycles. The Morgan fingerprint density at radius 2 is 2.09 bits per heavy atom. The Hall–Kier alpha value is -2.37. The van der Waals surface area contributed by atoms with E-state index >= 15 is 0 Å². The molecular formula is C17H21F2N3O. The van der Waals surface area contributed by atoms with Crippen LogP contribution >= 0.6 is 0 Å². The van der Waals surface area contributed by atoms with E-state index in [2.05, 4.69) is 15.6 Å². The van der Waals surface area contributed by atoms with E-state index in [4.69, 9.17) is 4.42 Å². The Morgan fingerprint density at radius 3 is 2.74 bits per heavy atom. The number of furan rings is 1. The van der Waals surface area contributed by atoms with Crippen molar-refractivity contribution in [3.8, 4) is 0 Å². The summed E-state index contributed by atoms with van der Waals surface area (Å²) in [5.41, 5.74) is 0.477. The molecule has 0 spiro atoms. The lowest BCUT2D eigenvalue weighted by Gasteiger charge is -2.16. The molecule has 0 radical (unpaired) electrons. The van der Waals surface area contributed by atoms with Crippen LogP contribution in [-0.2, 0) is 6.42 Å². The molecule has 0 aliphatic rings. The highest BCUT2D eigenvalue weighted by Crippen LogP contribution is 2.19. The molecule has 0 fully saturated rings. The smallest absolute Gasteiger partial charge is 0.191 e. The van der Waals surface area contributed by atoms with Gasteiger partial charge in [-0.1, -0.05) is 13.0 Å². The van der Waals surface area contributed by atoms with Crippen LogP contribution in [0.25, 0.3) is 0 Å². The summed E-state index contributed by atoms with van der Waals surface area (Å²) >= 11 is 0. The zero-order valence-electron chi connectivity index (χ0n) is 13.3. The largest absolute Gasteiger partial charge is 0.469 e. The maximum Gasteiger partial charge on any atom is 0.191 e. The number of rotatable bonds is 6. The van der Waals surface area contributed by atoms with E-state index in [-0.39, 0.29) is 5.92 Å². The summed E-state index contributed by atoms with van der Waals surface area (Å²) in [7, 11) is 1.67. The minimum absolute atomic E-state index is 0.112. The Balaban J connectivity index is 1.80. The number of nitrogens with one attached hydrogen (secondary N) is 2. The van der Waals surface area contributed by atoms with Gasteiger partial charge in [0.15, 0.2) is 5.96 Å². The zero-order chi connectivity index (χ0) is 16.7. The van der Waals surface area contributed by atoms with Crippen LogP contribution in [-0.4, -0.2) is 26.1 Å². The van der Waals surface area contributed by atoms with Crippen LogP contribution in [0.3, 0.4) is 0 Å². The van der Waals surface area contributed by atoms with Crippen molar-refractivity contribution in [1.29, 1.82) is 0 Å². The molecular weight excluding hydrogens is 300 g/mol. The fourth-order valence-corrected chi connectivity index (χ4v) is 2.24. The number of hydrogen-bond acceptors (Lipinski definition) is 2. The fourth-order valence-electron chi connectivity index (χ4n) is 2.24. The minimum atomic E-state index is -0.568. The van der Waals surface area contributed by atoms with Crippen molar-refractivity contribution in [3.63, 3.8) is 0 Å². The van der Waals surface area contributed by atoms with Crippen molar-refractivity contribution >= 4 is 5.96 Å². The van der Waals surface area contributed by atoms with Gasteiger partial charge in [0.1, 0.15) is 17.4 Å². The van der Waals surface area contributed by atoms with Crippen molar-refractivity contribution in [2.75, 3.05) is 20.1 Å². The number of nitrogens with zero attached hydrogens (tertiary/aromatic N) is 1. The lowest BCUT2D eigenvalue weighted by molar-refractivity contribution is 0.506. The molecule has 1 aromatic heterocycles. The first-order valence-corrected chi connectivity index (χ1v) is 7.52. The SMILES string of the molecule is CN=C(NCCc1ccco1)NCC(C)c1ccc(F)cc1F. The lowest BCUT2D eigenvalue weighted by Crippen LogP contribution is -2.40. The van der Waals surface area contributed by atoms with E-state index < -0.39 is 11.6 Å². The fraction of sp³-hybridized carbons (Fsp3) is 0.353. The van der Waals surface area contributed by atoms with Crippen LogP contribution in [0.2, 0.25) is 0 Å². The topological polar surface area (TPSA) is 49.6 Å². The number of benzene rings is 1. The number of hydrogen-bond donors (Lipinski definition) is 2. The lowest BCUT2D eigenvalue weighted by atomic mass is 10.0. The summed E-state index contributed by atoms with van der Waals surface area (Å²) in [4.78, 5) is 4.12. The first-order valence-electron chi connectivity index (χ1n) is 7.52. The van der Waals surface area contributed by atoms with Crippen molar-refractivity contribution in [3.05, 3.63) is 59.6 Å². The minimum Gasteiger partial charge on any atom is -0.469 e. The molecule has 2 aromatic rings. The Kier molecular flexibility index (Phi) is 6.14.